The highest BCUT2D eigenvalue weighted by Gasteiger charge is 2.50. The van der Waals surface area contributed by atoms with Gasteiger partial charge in [0.15, 0.2) is 11.5 Å². The Hall–Kier alpha value is -3.12. The average Bonchev–Trinajstić information content (AvgIpc) is 2.83. The van der Waals surface area contributed by atoms with Crippen molar-refractivity contribution >= 4 is 23.4 Å². The number of thioether (sulfide) groups is 1. The Bertz CT molecular complexity index is 1060. The maximum absolute atomic E-state index is 13.5. The van der Waals surface area contributed by atoms with Crippen molar-refractivity contribution in [3.05, 3.63) is 77.9 Å². The van der Waals surface area contributed by atoms with Crippen LogP contribution in [0, 0.1) is 0 Å². The van der Waals surface area contributed by atoms with Gasteiger partial charge in [-0.3, -0.25) is 4.79 Å². The predicted molar refractivity (Wildman–Crippen MR) is 128 cm³/mol. The number of nitrogens with zero attached hydrogens (tertiary/aromatic N) is 1. The van der Waals surface area contributed by atoms with Crippen LogP contribution in [-0.2, 0) is 4.79 Å². The monoisotopic (exact) mass is 449 g/mol. The van der Waals surface area contributed by atoms with Gasteiger partial charge in [0.1, 0.15) is 0 Å². The molecule has 0 aliphatic carbocycles. The average molecular weight is 450 g/mol. The van der Waals surface area contributed by atoms with Crippen LogP contribution in [0.3, 0.4) is 0 Å². The van der Waals surface area contributed by atoms with Gasteiger partial charge in [0.25, 0.3) is 0 Å². The molecular formula is C26H27NO4S. The number of rotatable bonds is 8. The van der Waals surface area contributed by atoms with Crippen molar-refractivity contribution in [1.82, 2.24) is 0 Å². The zero-order valence-electron chi connectivity index (χ0n) is 18.7. The Kier molecular flexibility index (Phi) is 6.61. The third kappa shape index (κ3) is 3.91. The molecule has 0 saturated carbocycles. The quantitative estimate of drug-likeness (QED) is 0.326. The second-order valence-corrected chi connectivity index (χ2v) is 8.76. The van der Waals surface area contributed by atoms with E-state index in [9.17, 15) is 4.79 Å². The lowest BCUT2D eigenvalue weighted by molar-refractivity contribution is -0.126. The number of hydrogen-bond acceptors (Lipinski definition) is 5. The summed E-state index contributed by atoms with van der Waals surface area (Å²) in [7, 11) is 4.72. The van der Waals surface area contributed by atoms with E-state index in [1.165, 1.54) is 4.90 Å². The van der Waals surface area contributed by atoms with Gasteiger partial charge in [-0.05, 0) is 29.0 Å². The standard InChI is InChI=1S/C26H27NO4S/c1-5-32-20-13-11-18(12-14-20)24-23(17-9-7-6-8-10-17)26(28)27(24)19-15-21(29-2)25(31-4)22(16-19)30-3/h6-16,23-24H,5H2,1-4H3. The van der Waals surface area contributed by atoms with Gasteiger partial charge in [-0.25, -0.2) is 0 Å². The van der Waals surface area contributed by atoms with Crippen LogP contribution in [0.15, 0.2) is 71.6 Å². The summed E-state index contributed by atoms with van der Waals surface area (Å²) in [6, 6.07) is 22.0. The molecule has 3 aromatic carbocycles. The van der Waals surface area contributed by atoms with E-state index in [-0.39, 0.29) is 17.9 Å². The molecule has 1 saturated heterocycles. The number of amides is 1. The largest absolute Gasteiger partial charge is 0.493 e. The smallest absolute Gasteiger partial charge is 0.237 e. The summed E-state index contributed by atoms with van der Waals surface area (Å²) in [5.74, 6) is 2.36. The van der Waals surface area contributed by atoms with Crippen molar-refractivity contribution in [1.29, 1.82) is 0 Å². The Labute approximate surface area is 193 Å². The van der Waals surface area contributed by atoms with Crippen molar-refractivity contribution in [2.75, 3.05) is 32.0 Å². The number of hydrogen-bond donors (Lipinski definition) is 0. The molecule has 6 heteroatoms. The summed E-state index contributed by atoms with van der Waals surface area (Å²) in [4.78, 5) is 16.5. The second kappa shape index (κ2) is 9.57. The molecule has 1 amide bonds. The molecule has 32 heavy (non-hydrogen) atoms. The van der Waals surface area contributed by atoms with Crippen molar-refractivity contribution < 1.29 is 19.0 Å². The lowest BCUT2D eigenvalue weighted by atomic mass is 9.77. The third-order valence-corrected chi connectivity index (χ3v) is 6.61. The highest BCUT2D eigenvalue weighted by Crippen LogP contribution is 2.51. The zero-order chi connectivity index (χ0) is 22.7. The molecule has 0 aromatic heterocycles. The number of anilines is 1. The van der Waals surface area contributed by atoms with Gasteiger partial charge in [-0.2, -0.15) is 0 Å². The van der Waals surface area contributed by atoms with Gasteiger partial charge in [0.2, 0.25) is 11.7 Å². The molecule has 2 atom stereocenters. The van der Waals surface area contributed by atoms with E-state index in [0.29, 0.717) is 22.9 Å². The zero-order valence-corrected chi connectivity index (χ0v) is 19.5. The molecule has 166 valence electrons. The van der Waals surface area contributed by atoms with Crippen LogP contribution < -0.4 is 19.1 Å². The van der Waals surface area contributed by atoms with Crippen molar-refractivity contribution in [2.24, 2.45) is 0 Å². The second-order valence-electron chi connectivity index (χ2n) is 7.43. The van der Waals surface area contributed by atoms with Crippen LogP contribution in [0.5, 0.6) is 17.2 Å². The van der Waals surface area contributed by atoms with E-state index in [2.05, 4.69) is 31.2 Å². The van der Waals surface area contributed by atoms with Crippen LogP contribution in [0.4, 0.5) is 5.69 Å². The Morgan fingerprint density at radius 2 is 1.47 bits per heavy atom. The predicted octanol–water partition coefficient (Wildman–Crippen LogP) is 5.70. The van der Waals surface area contributed by atoms with Crippen molar-refractivity contribution in [3.8, 4) is 17.2 Å². The molecule has 1 aliphatic heterocycles. The number of ether oxygens (including phenoxy) is 3. The molecule has 3 aromatic rings. The maximum atomic E-state index is 13.5. The number of carbonyl (C=O) groups is 1. The van der Waals surface area contributed by atoms with E-state index in [1.54, 1.807) is 33.1 Å². The van der Waals surface area contributed by atoms with E-state index < -0.39 is 0 Å². The van der Waals surface area contributed by atoms with Gasteiger partial charge in [0.05, 0.1) is 39.0 Å². The van der Waals surface area contributed by atoms with Gasteiger partial charge in [0, 0.05) is 17.0 Å². The minimum Gasteiger partial charge on any atom is -0.493 e. The first-order chi connectivity index (χ1) is 15.6. The summed E-state index contributed by atoms with van der Waals surface area (Å²) in [5, 5.41) is 0. The number of β-lactam (4-membered cyclic amide) rings is 1. The van der Waals surface area contributed by atoms with E-state index >= 15 is 0 Å². The normalized spacial score (nSPS) is 17.6. The minimum atomic E-state index is -0.250. The molecule has 1 heterocycles. The highest BCUT2D eigenvalue weighted by atomic mass is 32.2. The molecular weight excluding hydrogens is 422 g/mol. The molecule has 4 rings (SSSR count). The summed E-state index contributed by atoms with van der Waals surface area (Å²) >= 11 is 1.80. The van der Waals surface area contributed by atoms with Gasteiger partial charge < -0.3 is 19.1 Å². The summed E-state index contributed by atoms with van der Waals surface area (Å²) in [5.41, 5.74) is 2.82. The Morgan fingerprint density at radius 1 is 0.844 bits per heavy atom. The van der Waals surface area contributed by atoms with E-state index in [1.807, 2.05) is 47.4 Å². The van der Waals surface area contributed by atoms with E-state index in [4.69, 9.17) is 14.2 Å². The first-order valence-electron chi connectivity index (χ1n) is 10.5. The minimum absolute atomic E-state index is 0.0440. The number of carbonyl (C=O) groups excluding carboxylic acids is 1. The molecule has 0 N–H and O–H groups in total. The highest BCUT2D eigenvalue weighted by molar-refractivity contribution is 7.99. The Balaban J connectivity index is 1.79. The fourth-order valence-electron chi connectivity index (χ4n) is 4.24. The van der Waals surface area contributed by atoms with Crippen LogP contribution in [0.2, 0.25) is 0 Å². The number of benzene rings is 3. The fraction of sp³-hybridized carbons (Fsp3) is 0.269. The summed E-state index contributed by atoms with van der Waals surface area (Å²) in [6.45, 7) is 2.14. The van der Waals surface area contributed by atoms with Crippen molar-refractivity contribution in [3.63, 3.8) is 0 Å². The van der Waals surface area contributed by atoms with Crippen molar-refractivity contribution in [2.45, 2.75) is 23.8 Å². The molecule has 0 bridgehead atoms. The third-order valence-electron chi connectivity index (χ3n) is 5.72. The maximum Gasteiger partial charge on any atom is 0.237 e. The van der Waals surface area contributed by atoms with Crippen LogP contribution in [0.1, 0.15) is 30.0 Å². The molecule has 1 fully saturated rings. The summed E-state index contributed by atoms with van der Waals surface area (Å²) < 4.78 is 16.5. The van der Waals surface area contributed by atoms with Gasteiger partial charge in [-0.1, -0.05) is 49.4 Å². The van der Waals surface area contributed by atoms with Crippen LogP contribution in [-0.4, -0.2) is 33.0 Å². The number of methoxy groups -OCH3 is 3. The van der Waals surface area contributed by atoms with Gasteiger partial charge >= 0.3 is 0 Å². The van der Waals surface area contributed by atoms with E-state index in [0.717, 1.165) is 16.9 Å². The first-order valence-corrected chi connectivity index (χ1v) is 11.5. The Morgan fingerprint density at radius 3 is 2.00 bits per heavy atom. The summed E-state index contributed by atoms with van der Waals surface area (Å²) in [6.07, 6.45) is 0. The lowest BCUT2D eigenvalue weighted by Gasteiger charge is -2.48. The lowest BCUT2D eigenvalue weighted by Crippen LogP contribution is -2.53. The molecule has 0 spiro atoms. The molecule has 1 aliphatic rings. The fourth-order valence-corrected chi connectivity index (χ4v) is 4.90. The topological polar surface area (TPSA) is 48.0 Å². The SMILES string of the molecule is CCSc1ccc(C2C(c3ccccc3)C(=O)N2c2cc(OC)c(OC)c(OC)c2)cc1. The molecule has 0 radical (unpaired) electrons. The van der Waals surface area contributed by atoms with Crippen LogP contribution in [0.25, 0.3) is 0 Å². The molecule has 2 unspecified atom stereocenters. The van der Waals surface area contributed by atoms with Crippen LogP contribution >= 0.6 is 11.8 Å². The molecule has 5 nitrogen and oxygen atoms in total. The van der Waals surface area contributed by atoms with Gasteiger partial charge in [-0.15, -0.1) is 11.8 Å². The first kappa shape index (κ1) is 22.1.